The number of benzene rings is 2. The van der Waals surface area contributed by atoms with E-state index in [0.717, 1.165) is 10.9 Å². The van der Waals surface area contributed by atoms with Crippen LogP contribution < -0.4 is 4.72 Å². The molecule has 0 aliphatic carbocycles. The van der Waals surface area contributed by atoms with Gasteiger partial charge in [0.05, 0.1) is 11.4 Å². The van der Waals surface area contributed by atoms with E-state index < -0.39 is 10.0 Å². The Morgan fingerprint density at radius 2 is 1.77 bits per heavy atom. The molecule has 6 nitrogen and oxygen atoms in total. The van der Waals surface area contributed by atoms with Gasteiger partial charge in [0, 0.05) is 17.8 Å². The second-order valence-corrected chi connectivity index (χ2v) is 8.66. The zero-order valence-electron chi connectivity index (χ0n) is 14.0. The molecule has 0 spiro atoms. The van der Waals surface area contributed by atoms with Crippen LogP contribution in [-0.4, -0.2) is 23.2 Å². The monoisotopic (exact) mass is 408 g/mol. The fourth-order valence-corrected chi connectivity index (χ4v) is 4.20. The summed E-state index contributed by atoms with van der Waals surface area (Å²) in [5.74, 6) is 1.31. The Morgan fingerprint density at radius 3 is 2.46 bits per heavy atom. The Morgan fingerprint density at radius 1 is 1.08 bits per heavy atom. The van der Waals surface area contributed by atoms with Crippen LogP contribution in [0.15, 0.2) is 64.6 Å². The number of sulfonamides is 1. The van der Waals surface area contributed by atoms with Crippen molar-refractivity contribution in [2.75, 3.05) is 0 Å². The van der Waals surface area contributed by atoms with Crippen LogP contribution in [0.1, 0.15) is 11.4 Å². The molecule has 0 saturated heterocycles. The summed E-state index contributed by atoms with van der Waals surface area (Å²) in [5.41, 5.74) is 1.19. The highest BCUT2D eigenvalue weighted by molar-refractivity contribution is 7.98. The van der Waals surface area contributed by atoms with Gasteiger partial charge in [0.1, 0.15) is 5.82 Å². The van der Waals surface area contributed by atoms with Gasteiger partial charge in [0.2, 0.25) is 10.0 Å². The first kappa shape index (κ1) is 18.9. The highest BCUT2D eigenvalue weighted by atomic mass is 35.5. The van der Waals surface area contributed by atoms with Crippen molar-refractivity contribution in [1.82, 2.24) is 19.5 Å². The van der Waals surface area contributed by atoms with E-state index in [-0.39, 0.29) is 11.4 Å². The van der Waals surface area contributed by atoms with Crippen molar-refractivity contribution in [3.8, 4) is 0 Å². The van der Waals surface area contributed by atoms with Crippen molar-refractivity contribution in [2.45, 2.75) is 22.3 Å². The Balaban J connectivity index is 1.64. The molecule has 0 atom stereocenters. The van der Waals surface area contributed by atoms with Gasteiger partial charge in [-0.2, -0.15) is 0 Å². The second-order valence-electron chi connectivity index (χ2n) is 5.51. The minimum absolute atomic E-state index is 0.0559. The predicted molar refractivity (Wildman–Crippen MR) is 102 cm³/mol. The van der Waals surface area contributed by atoms with E-state index in [1.165, 1.54) is 29.8 Å². The first-order valence-corrected chi connectivity index (χ1v) is 10.6. The van der Waals surface area contributed by atoms with Gasteiger partial charge in [-0.05, 0) is 29.8 Å². The number of rotatable bonds is 7. The maximum Gasteiger partial charge on any atom is 0.240 e. The highest BCUT2D eigenvalue weighted by Gasteiger charge is 2.16. The average Bonchev–Trinajstić information content (AvgIpc) is 2.99. The maximum atomic E-state index is 12.3. The van der Waals surface area contributed by atoms with Gasteiger partial charge in [-0.15, -0.1) is 10.2 Å². The molecule has 1 N–H and O–H groups in total. The molecule has 9 heteroatoms. The molecule has 0 saturated carbocycles. The molecule has 136 valence electrons. The fraction of sp³-hybridized carbons (Fsp3) is 0.176. The summed E-state index contributed by atoms with van der Waals surface area (Å²) in [7, 11) is -1.82. The first-order chi connectivity index (χ1) is 12.5. The number of aromatic nitrogens is 3. The predicted octanol–water partition coefficient (Wildman–Crippen LogP) is 3.24. The summed E-state index contributed by atoms with van der Waals surface area (Å²) in [6.07, 6.45) is 0. The highest BCUT2D eigenvalue weighted by Crippen LogP contribution is 2.21. The molecule has 1 heterocycles. The van der Waals surface area contributed by atoms with Gasteiger partial charge in [-0.1, -0.05) is 53.7 Å². The largest absolute Gasteiger partial charge is 0.308 e. The van der Waals surface area contributed by atoms with E-state index in [9.17, 15) is 8.42 Å². The number of halogens is 1. The molecule has 26 heavy (non-hydrogen) atoms. The Hall–Kier alpha value is -1.87. The number of hydrogen-bond acceptors (Lipinski definition) is 5. The minimum Gasteiger partial charge on any atom is -0.308 e. The number of nitrogens with one attached hydrogen (secondary N) is 1. The first-order valence-electron chi connectivity index (χ1n) is 7.76. The van der Waals surface area contributed by atoms with Crippen LogP contribution >= 0.6 is 23.4 Å². The Kier molecular flexibility index (Phi) is 5.98. The summed E-state index contributed by atoms with van der Waals surface area (Å²) in [5, 5.41) is 9.44. The quantitative estimate of drug-likeness (QED) is 0.607. The number of nitrogens with zero attached hydrogens (tertiary/aromatic N) is 3. The molecule has 2 aromatic carbocycles. The molecule has 0 bridgehead atoms. The summed E-state index contributed by atoms with van der Waals surface area (Å²) < 4.78 is 29.0. The van der Waals surface area contributed by atoms with Crippen LogP contribution in [-0.2, 0) is 29.4 Å². The lowest BCUT2D eigenvalue weighted by molar-refractivity contribution is 0.576. The van der Waals surface area contributed by atoms with Crippen molar-refractivity contribution < 1.29 is 8.42 Å². The van der Waals surface area contributed by atoms with Crippen molar-refractivity contribution in [3.05, 3.63) is 71.0 Å². The van der Waals surface area contributed by atoms with Crippen LogP contribution in [0.2, 0.25) is 5.02 Å². The molecule has 0 fully saturated rings. The summed E-state index contributed by atoms with van der Waals surface area (Å²) >= 11 is 7.34. The van der Waals surface area contributed by atoms with Crippen LogP contribution in [0.3, 0.4) is 0 Å². The minimum atomic E-state index is -3.63. The summed E-state index contributed by atoms with van der Waals surface area (Å²) in [6, 6.07) is 16.0. The molecule has 0 unspecified atom stereocenters. The molecule has 0 radical (unpaired) electrons. The van der Waals surface area contributed by atoms with Crippen molar-refractivity contribution in [2.24, 2.45) is 7.05 Å². The van der Waals surface area contributed by atoms with Gasteiger partial charge in [0.15, 0.2) is 5.16 Å². The van der Waals surface area contributed by atoms with E-state index in [1.807, 2.05) is 37.4 Å². The standard InChI is InChI=1S/C17H17ClN4O2S2/c1-22-16(11-19-26(23,24)15-9-7-14(18)8-10-15)20-21-17(22)25-12-13-5-3-2-4-6-13/h2-10,19H,11-12H2,1H3. The number of hydrogen-bond donors (Lipinski definition) is 1. The van der Waals surface area contributed by atoms with Gasteiger partial charge in [0.25, 0.3) is 0 Å². The Bertz CT molecular complexity index is 974. The smallest absolute Gasteiger partial charge is 0.240 e. The lowest BCUT2D eigenvalue weighted by Crippen LogP contribution is -2.24. The third kappa shape index (κ3) is 4.64. The molecule has 3 rings (SSSR count). The topological polar surface area (TPSA) is 76.9 Å². The van der Waals surface area contributed by atoms with Crippen LogP contribution in [0, 0.1) is 0 Å². The molecule has 1 aromatic heterocycles. The van der Waals surface area contributed by atoms with E-state index >= 15 is 0 Å². The van der Waals surface area contributed by atoms with E-state index in [0.29, 0.717) is 10.8 Å². The van der Waals surface area contributed by atoms with E-state index in [1.54, 1.807) is 16.3 Å². The summed E-state index contributed by atoms with van der Waals surface area (Å²) in [4.78, 5) is 0.155. The van der Waals surface area contributed by atoms with Crippen LogP contribution in [0.4, 0.5) is 0 Å². The van der Waals surface area contributed by atoms with E-state index in [2.05, 4.69) is 14.9 Å². The molecular formula is C17H17ClN4O2S2. The van der Waals surface area contributed by atoms with Gasteiger partial charge in [-0.3, -0.25) is 0 Å². The zero-order valence-corrected chi connectivity index (χ0v) is 16.4. The molecule has 0 aliphatic rings. The molecular weight excluding hydrogens is 392 g/mol. The van der Waals surface area contributed by atoms with Crippen LogP contribution in [0.5, 0.6) is 0 Å². The fourth-order valence-electron chi connectivity index (χ4n) is 2.20. The second kappa shape index (κ2) is 8.22. The third-order valence-corrected chi connectivity index (χ3v) is 6.44. The van der Waals surface area contributed by atoms with E-state index in [4.69, 9.17) is 11.6 Å². The Labute approximate surface area is 161 Å². The van der Waals surface area contributed by atoms with Gasteiger partial charge in [-0.25, -0.2) is 13.1 Å². The summed E-state index contributed by atoms with van der Waals surface area (Å²) in [6.45, 7) is 0.0559. The molecule has 0 amide bonds. The normalized spacial score (nSPS) is 11.6. The lowest BCUT2D eigenvalue weighted by atomic mass is 10.2. The van der Waals surface area contributed by atoms with Gasteiger partial charge < -0.3 is 4.57 Å². The number of thioether (sulfide) groups is 1. The molecule has 3 aromatic rings. The third-order valence-electron chi connectivity index (χ3n) is 3.68. The van der Waals surface area contributed by atoms with Gasteiger partial charge >= 0.3 is 0 Å². The lowest BCUT2D eigenvalue weighted by Gasteiger charge is -2.07. The van der Waals surface area contributed by atoms with Crippen molar-refractivity contribution >= 4 is 33.4 Å². The molecule has 0 aliphatic heterocycles. The average molecular weight is 409 g/mol. The maximum absolute atomic E-state index is 12.3. The van der Waals surface area contributed by atoms with Crippen molar-refractivity contribution in [3.63, 3.8) is 0 Å². The van der Waals surface area contributed by atoms with Crippen molar-refractivity contribution in [1.29, 1.82) is 0 Å². The zero-order chi connectivity index (χ0) is 18.6. The SMILES string of the molecule is Cn1c(CNS(=O)(=O)c2ccc(Cl)cc2)nnc1SCc1ccccc1. The van der Waals surface area contributed by atoms with Crippen LogP contribution in [0.25, 0.3) is 0 Å².